The van der Waals surface area contributed by atoms with Crippen LogP contribution in [0.5, 0.6) is 0 Å². The van der Waals surface area contributed by atoms with Crippen molar-refractivity contribution < 1.29 is 183 Å². The van der Waals surface area contributed by atoms with Gasteiger partial charge in [-0.1, -0.05) is 0 Å². The molecule has 0 aromatic rings. The van der Waals surface area contributed by atoms with E-state index < -0.39 is 119 Å². The second-order valence-corrected chi connectivity index (χ2v) is 8.07. The van der Waals surface area contributed by atoms with Crippen LogP contribution in [0.2, 0.25) is 0 Å². The number of carbonyl (C=O) groups excluding carboxylic acids is 12. The van der Waals surface area contributed by atoms with Crippen molar-refractivity contribution in [2.24, 2.45) is 0 Å². The molecule has 0 N–H and O–H groups in total. The van der Waals surface area contributed by atoms with E-state index in [2.05, 4.69) is 0 Å². The van der Waals surface area contributed by atoms with Crippen LogP contribution in [0.15, 0.2) is 0 Å². The van der Waals surface area contributed by atoms with Gasteiger partial charge in [-0.15, -0.1) is 0 Å². The van der Waals surface area contributed by atoms with Crippen LogP contribution in [0.4, 0.5) is 87.8 Å². The Labute approximate surface area is 302 Å². The molecule has 0 saturated heterocycles. The summed E-state index contributed by atoms with van der Waals surface area (Å²) in [6.45, 7) is 0. The minimum absolute atomic E-state index is 0. The molecule has 0 atom stereocenters. The van der Waals surface area contributed by atoms with Crippen LogP contribution in [0.3, 0.4) is 0 Å². The van der Waals surface area contributed by atoms with E-state index in [0.29, 0.717) is 0 Å². The van der Waals surface area contributed by atoms with Crippen LogP contribution in [0, 0.1) is 0 Å². The molecule has 0 heterocycles. The molecule has 0 aliphatic heterocycles. The van der Waals surface area contributed by atoms with E-state index in [1.807, 2.05) is 0 Å². The third kappa shape index (κ3) is 17.4. The van der Waals surface area contributed by atoms with E-state index in [9.17, 15) is 166 Å². The van der Waals surface area contributed by atoms with Gasteiger partial charge in [0.15, 0.2) is 0 Å². The number of ketones is 8. The molecular formula is C20CuF20O16-4. The largest absolute Gasteiger partial charge is 0.542 e. The molecule has 0 bridgehead atoms. The number of carboxylic acids is 4. The average Bonchev–Trinajstić information content (AvgIpc) is 3.00. The molecule has 0 aromatic carbocycles. The Balaban J connectivity index is -0.000000210. The molecule has 0 aliphatic carbocycles. The molecule has 0 saturated carbocycles. The minimum Gasteiger partial charge on any atom is -0.542 e. The topological polar surface area (TPSA) is 297 Å². The van der Waals surface area contributed by atoms with Gasteiger partial charge in [-0.25, -0.2) is 0 Å². The fraction of sp³-hybridized carbons (Fsp3) is 0.400. The Morgan fingerprint density at radius 2 is 0.333 bits per heavy atom. The molecule has 0 unspecified atom stereocenters. The first-order valence-electron chi connectivity index (χ1n) is 11.0. The number of rotatable bonds is 12. The Morgan fingerprint density at radius 1 is 0.246 bits per heavy atom. The third-order valence-electron chi connectivity index (χ3n) is 4.05. The molecular weight excluding hydrogens is 940 g/mol. The first-order chi connectivity index (χ1) is 24.0. The maximum atomic E-state index is 12.1. The minimum atomic E-state index is -5.99. The molecule has 331 valence electrons. The molecule has 0 rings (SSSR count). The van der Waals surface area contributed by atoms with Crippen molar-refractivity contribution in [3.8, 4) is 0 Å². The van der Waals surface area contributed by atoms with E-state index in [4.69, 9.17) is 0 Å². The van der Waals surface area contributed by atoms with Crippen molar-refractivity contribution in [2.45, 2.75) is 48.4 Å². The standard InChI is InChI=1S/4C5HF5O4.Cu/c4*6-4(7,1(11)2(12)13)3(14)5(8,9)10;/h4*(H,12,13);/p-4. The van der Waals surface area contributed by atoms with Crippen LogP contribution in [-0.2, 0) is 74.6 Å². The van der Waals surface area contributed by atoms with Crippen LogP contribution >= 0.6 is 0 Å². The molecule has 1 radical (unpaired) electrons. The zero-order valence-corrected chi connectivity index (χ0v) is 25.3. The normalized spacial score (nSPS) is 12.1. The average molecular weight is 940 g/mol. The predicted molar refractivity (Wildman–Crippen MR) is 104 cm³/mol. The maximum Gasteiger partial charge on any atom is 0.456 e. The monoisotopic (exact) mass is 939 g/mol. The Morgan fingerprint density at radius 3 is 0.386 bits per heavy atom. The summed E-state index contributed by atoms with van der Waals surface area (Å²) in [7, 11) is 0. The van der Waals surface area contributed by atoms with Crippen LogP contribution < -0.4 is 20.4 Å². The summed E-state index contributed by atoms with van der Waals surface area (Å²) in [5, 5.41) is 38.1. The summed E-state index contributed by atoms with van der Waals surface area (Å²) in [6.07, 6.45) is -24.0. The molecule has 0 aliphatic rings. The molecule has 0 spiro atoms. The number of halogens is 20. The van der Waals surface area contributed by atoms with Gasteiger partial charge in [-0.3, -0.25) is 38.4 Å². The zero-order valence-electron chi connectivity index (χ0n) is 24.4. The molecule has 37 heteroatoms. The van der Waals surface area contributed by atoms with Crippen molar-refractivity contribution in [3.05, 3.63) is 0 Å². The first-order valence-corrected chi connectivity index (χ1v) is 11.0. The Bertz CT molecular complexity index is 1410. The molecule has 57 heavy (non-hydrogen) atoms. The van der Waals surface area contributed by atoms with Crippen LogP contribution in [-0.4, -0.2) is 119 Å². The summed E-state index contributed by atoms with van der Waals surface area (Å²) in [4.78, 5) is 117. The fourth-order valence-corrected chi connectivity index (χ4v) is 1.64. The molecule has 0 amide bonds. The Hall–Kier alpha value is -5.64. The van der Waals surface area contributed by atoms with Gasteiger partial charge >= 0.3 is 71.5 Å². The fourth-order valence-electron chi connectivity index (χ4n) is 1.64. The van der Waals surface area contributed by atoms with Gasteiger partial charge in [-0.2, -0.15) is 87.8 Å². The number of hydrogen-bond donors (Lipinski definition) is 0. The van der Waals surface area contributed by atoms with Crippen LogP contribution in [0.1, 0.15) is 0 Å². The van der Waals surface area contributed by atoms with E-state index in [1.165, 1.54) is 0 Å². The zero-order chi connectivity index (χ0) is 46.9. The molecule has 0 aromatic heterocycles. The van der Waals surface area contributed by atoms with Gasteiger partial charge in [0.1, 0.15) is 23.9 Å². The number of alkyl halides is 20. The van der Waals surface area contributed by atoms with E-state index in [1.54, 1.807) is 0 Å². The maximum absolute atomic E-state index is 12.1. The summed E-state index contributed by atoms with van der Waals surface area (Å²) in [5.74, 6) is -62.7. The second-order valence-electron chi connectivity index (χ2n) is 8.07. The van der Waals surface area contributed by atoms with Gasteiger partial charge in [0, 0.05) is 17.1 Å². The summed E-state index contributed by atoms with van der Waals surface area (Å²) in [5.41, 5.74) is 0. The first kappa shape index (κ1) is 60.6. The summed E-state index contributed by atoms with van der Waals surface area (Å²) >= 11 is 0. The van der Waals surface area contributed by atoms with Gasteiger partial charge in [0.2, 0.25) is 0 Å². The van der Waals surface area contributed by atoms with Crippen LogP contribution in [0.25, 0.3) is 0 Å². The third-order valence-corrected chi connectivity index (χ3v) is 4.05. The number of carbonyl (C=O) groups is 12. The van der Waals surface area contributed by atoms with E-state index in [-0.39, 0.29) is 17.1 Å². The van der Waals surface area contributed by atoms with Gasteiger partial charge in [0.05, 0.1) is 0 Å². The number of Topliss-reactive ketones (excluding diaryl/α,β-unsaturated/α-hetero) is 8. The summed E-state index contributed by atoms with van der Waals surface area (Å²) in [6, 6.07) is 0. The molecule has 0 fully saturated rings. The van der Waals surface area contributed by atoms with Crippen molar-refractivity contribution in [1.82, 2.24) is 0 Å². The van der Waals surface area contributed by atoms with E-state index >= 15 is 0 Å². The number of hydrogen-bond acceptors (Lipinski definition) is 16. The molecule has 16 nitrogen and oxygen atoms in total. The van der Waals surface area contributed by atoms with E-state index in [0.717, 1.165) is 0 Å². The van der Waals surface area contributed by atoms with Gasteiger partial charge in [-0.05, 0) is 0 Å². The van der Waals surface area contributed by atoms with Crippen molar-refractivity contribution in [2.75, 3.05) is 0 Å². The predicted octanol–water partition coefficient (Wildman–Crippen LogP) is -3.71. The smallest absolute Gasteiger partial charge is 0.456 e. The second kappa shape index (κ2) is 20.0. The number of carboxylic acid groups (broad SMARTS) is 4. The van der Waals surface area contributed by atoms with Gasteiger partial charge < -0.3 is 39.6 Å². The van der Waals surface area contributed by atoms with Gasteiger partial charge in [0.25, 0.3) is 23.1 Å². The van der Waals surface area contributed by atoms with Crippen molar-refractivity contribution in [1.29, 1.82) is 0 Å². The Kier molecular flexibility index (Phi) is 21.2. The van der Waals surface area contributed by atoms with Crippen molar-refractivity contribution in [3.63, 3.8) is 0 Å². The van der Waals surface area contributed by atoms with Crippen molar-refractivity contribution >= 4 is 70.1 Å². The summed E-state index contributed by atoms with van der Waals surface area (Å²) < 4.78 is 233. The SMILES string of the molecule is O=C([O-])C(=O)C(F)(F)C(=O)C(F)(F)F.O=C([O-])C(=O)C(F)(F)C(=O)C(F)(F)F.O=C([O-])C(=O)C(F)(F)C(=O)C(F)(F)F.O=C([O-])C(=O)C(F)(F)C(=O)C(F)(F)F.[Cu]. The number of aliphatic carboxylic acids is 4. The quantitative estimate of drug-likeness (QED) is 0.0787.